The second-order valence-corrected chi connectivity index (χ2v) is 8.74. The molecule has 2 aliphatic rings. The highest BCUT2D eigenvalue weighted by atomic mass is 16.2. The summed E-state index contributed by atoms with van der Waals surface area (Å²) >= 11 is 0. The molecule has 0 aromatic carbocycles. The van der Waals surface area contributed by atoms with Gasteiger partial charge in [0.05, 0.1) is 0 Å². The molecule has 27 heavy (non-hydrogen) atoms. The van der Waals surface area contributed by atoms with Crippen LogP contribution < -0.4 is 16.0 Å². The minimum atomic E-state index is -0.260. The number of hydrogen-bond donors (Lipinski definition) is 3. The average Bonchev–Trinajstić information content (AvgIpc) is 3.07. The highest BCUT2D eigenvalue weighted by Gasteiger charge is 2.31. The monoisotopic (exact) mass is 379 g/mol. The maximum atomic E-state index is 12.7. The molecule has 0 aromatic heterocycles. The van der Waals surface area contributed by atoms with E-state index < -0.39 is 0 Å². The van der Waals surface area contributed by atoms with Crippen molar-refractivity contribution >= 4 is 17.8 Å². The van der Waals surface area contributed by atoms with Crippen molar-refractivity contribution in [2.75, 3.05) is 26.2 Å². The molecule has 0 spiro atoms. The predicted molar refractivity (Wildman–Crippen MR) is 109 cm³/mol. The van der Waals surface area contributed by atoms with Crippen LogP contribution >= 0.6 is 0 Å². The van der Waals surface area contributed by atoms with Crippen molar-refractivity contribution in [1.82, 2.24) is 20.9 Å². The lowest BCUT2D eigenvalue weighted by atomic mass is 9.88. The predicted octanol–water partition coefficient (Wildman–Crippen LogP) is 1.64. The van der Waals surface area contributed by atoms with Gasteiger partial charge in [-0.05, 0) is 47.0 Å². The lowest BCUT2D eigenvalue weighted by Gasteiger charge is -2.26. The van der Waals surface area contributed by atoms with E-state index in [-0.39, 0.29) is 30.0 Å². The third-order valence-corrected chi connectivity index (χ3v) is 5.03. The van der Waals surface area contributed by atoms with Crippen LogP contribution in [0.25, 0.3) is 0 Å². The van der Waals surface area contributed by atoms with Crippen LogP contribution in [0.2, 0.25) is 0 Å². The van der Waals surface area contributed by atoms with E-state index in [4.69, 9.17) is 0 Å². The van der Waals surface area contributed by atoms with Gasteiger partial charge >= 0.3 is 0 Å². The van der Waals surface area contributed by atoms with E-state index in [0.717, 1.165) is 32.4 Å². The van der Waals surface area contributed by atoms with Crippen molar-refractivity contribution < 1.29 is 9.59 Å². The second kappa shape index (κ2) is 9.95. The molecule has 1 unspecified atom stereocenters. The fourth-order valence-electron chi connectivity index (χ4n) is 3.81. The summed E-state index contributed by atoms with van der Waals surface area (Å²) in [4.78, 5) is 31.1. The van der Waals surface area contributed by atoms with Crippen LogP contribution in [0.3, 0.4) is 0 Å². The maximum absolute atomic E-state index is 12.7. The molecule has 1 aliphatic heterocycles. The molecule has 0 bridgehead atoms. The van der Waals surface area contributed by atoms with Gasteiger partial charge in [-0.3, -0.25) is 9.59 Å². The Morgan fingerprint density at radius 2 is 1.81 bits per heavy atom. The van der Waals surface area contributed by atoms with E-state index in [9.17, 15) is 9.59 Å². The van der Waals surface area contributed by atoms with Gasteiger partial charge in [0.25, 0.3) is 0 Å². The largest absolute Gasteiger partial charge is 0.357 e. The Bertz CT molecular complexity index is 535. The van der Waals surface area contributed by atoms with Crippen LogP contribution in [0.15, 0.2) is 4.99 Å². The molecule has 2 fully saturated rings. The van der Waals surface area contributed by atoms with Gasteiger partial charge in [0, 0.05) is 37.1 Å². The summed E-state index contributed by atoms with van der Waals surface area (Å²) in [5, 5.41) is 9.49. The van der Waals surface area contributed by atoms with Gasteiger partial charge in [-0.2, -0.15) is 0 Å². The fourth-order valence-corrected chi connectivity index (χ4v) is 3.81. The van der Waals surface area contributed by atoms with Crippen molar-refractivity contribution in [3.8, 4) is 0 Å². The Labute approximate surface area is 163 Å². The number of likely N-dealkylation sites (tertiary alicyclic amines) is 1. The van der Waals surface area contributed by atoms with E-state index in [1.165, 1.54) is 19.3 Å². The lowest BCUT2D eigenvalue weighted by Crippen LogP contribution is -2.46. The molecule has 3 N–H and O–H groups in total. The van der Waals surface area contributed by atoms with Gasteiger partial charge in [0.2, 0.25) is 11.8 Å². The van der Waals surface area contributed by atoms with Crippen molar-refractivity contribution in [3.63, 3.8) is 0 Å². The molecular formula is C20H37N5O2. The standard InChI is InChI=1S/C20H37N5O2/c1-5-21-19(22-13-17(26)24-20(2,3)4)23-16-11-12-25(14-16)18(27)15-9-7-6-8-10-15/h15-16H,5-14H2,1-4H3,(H,24,26)(H2,21,22,23). The van der Waals surface area contributed by atoms with Crippen molar-refractivity contribution in [2.45, 2.75) is 77.8 Å². The quantitative estimate of drug-likeness (QED) is 0.501. The van der Waals surface area contributed by atoms with E-state index >= 15 is 0 Å². The summed E-state index contributed by atoms with van der Waals surface area (Å²) in [5.74, 6) is 1.09. The summed E-state index contributed by atoms with van der Waals surface area (Å²) in [6, 6.07) is 0.181. The molecule has 1 saturated heterocycles. The number of carbonyl (C=O) groups excluding carboxylic acids is 2. The van der Waals surface area contributed by atoms with Crippen molar-refractivity contribution in [1.29, 1.82) is 0 Å². The smallest absolute Gasteiger partial charge is 0.242 e. The first kappa shape index (κ1) is 21.5. The maximum Gasteiger partial charge on any atom is 0.242 e. The molecule has 1 atom stereocenters. The minimum absolute atomic E-state index is 0.0873. The molecule has 7 heteroatoms. The van der Waals surface area contributed by atoms with Crippen molar-refractivity contribution in [3.05, 3.63) is 0 Å². The zero-order chi connectivity index (χ0) is 19.9. The Hall–Kier alpha value is -1.79. The normalized spacial score (nSPS) is 21.9. The molecule has 0 radical (unpaired) electrons. The molecule has 154 valence electrons. The number of amides is 2. The summed E-state index contributed by atoms with van der Waals surface area (Å²) in [6.07, 6.45) is 6.62. The molecule has 2 amide bonds. The summed E-state index contributed by atoms with van der Waals surface area (Å²) in [5.41, 5.74) is -0.260. The number of guanidine groups is 1. The van der Waals surface area contributed by atoms with Crippen LogP contribution in [0.1, 0.15) is 66.2 Å². The van der Waals surface area contributed by atoms with Gasteiger partial charge in [0.1, 0.15) is 6.54 Å². The molecule has 1 saturated carbocycles. The average molecular weight is 380 g/mol. The fraction of sp³-hybridized carbons (Fsp3) is 0.850. The number of nitrogens with one attached hydrogen (secondary N) is 3. The van der Waals surface area contributed by atoms with Gasteiger partial charge in [-0.25, -0.2) is 4.99 Å². The number of nitrogens with zero attached hydrogens (tertiary/aromatic N) is 2. The van der Waals surface area contributed by atoms with Crippen LogP contribution in [0, 0.1) is 5.92 Å². The zero-order valence-electron chi connectivity index (χ0n) is 17.4. The number of rotatable bonds is 5. The number of hydrogen-bond acceptors (Lipinski definition) is 3. The molecule has 0 aromatic rings. The SMILES string of the molecule is CCNC(=NCC(=O)NC(C)(C)C)NC1CCN(C(=O)C2CCCCC2)C1. The molecule has 2 rings (SSSR count). The molecule has 1 aliphatic carbocycles. The van der Waals surface area contributed by atoms with E-state index in [1.54, 1.807) is 0 Å². The summed E-state index contributed by atoms with van der Waals surface area (Å²) < 4.78 is 0. The molecule has 1 heterocycles. The van der Waals surface area contributed by atoms with Gasteiger partial charge in [-0.1, -0.05) is 19.3 Å². The Kier molecular flexibility index (Phi) is 7.92. The van der Waals surface area contributed by atoms with E-state index in [0.29, 0.717) is 18.4 Å². The topological polar surface area (TPSA) is 85.8 Å². The van der Waals surface area contributed by atoms with E-state index in [1.807, 2.05) is 32.6 Å². The van der Waals surface area contributed by atoms with Gasteiger partial charge in [0.15, 0.2) is 5.96 Å². The highest BCUT2D eigenvalue weighted by Crippen LogP contribution is 2.26. The molecular weight excluding hydrogens is 342 g/mol. The first-order valence-electron chi connectivity index (χ1n) is 10.4. The lowest BCUT2D eigenvalue weighted by molar-refractivity contribution is -0.135. The minimum Gasteiger partial charge on any atom is -0.357 e. The van der Waals surface area contributed by atoms with Crippen LogP contribution in [-0.2, 0) is 9.59 Å². The van der Waals surface area contributed by atoms with E-state index in [2.05, 4.69) is 20.9 Å². The number of carbonyl (C=O) groups is 2. The third kappa shape index (κ3) is 7.39. The van der Waals surface area contributed by atoms with Crippen LogP contribution in [0.5, 0.6) is 0 Å². The molecule has 7 nitrogen and oxygen atoms in total. The van der Waals surface area contributed by atoms with Crippen LogP contribution in [-0.4, -0.2) is 60.4 Å². The first-order valence-corrected chi connectivity index (χ1v) is 10.4. The van der Waals surface area contributed by atoms with Gasteiger partial charge in [-0.15, -0.1) is 0 Å². The summed E-state index contributed by atoms with van der Waals surface area (Å²) in [6.45, 7) is 10.2. The van der Waals surface area contributed by atoms with Crippen molar-refractivity contribution in [2.24, 2.45) is 10.9 Å². The zero-order valence-corrected chi connectivity index (χ0v) is 17.4. The second-order valence-electron chi connectivity index (χ2n) is 8.74. The Morgan fingerprint density at radius 3 is 2.44 bits per heavy atom. The highest BCUT2D eigenvalue weighted by molar-refractivity contribution is 5.85. The van der Waals surface area contributed by atoms with Crippen LogP contribution in [0.4, 0.5) is 0 Å². The Balaban J connectivity index is 1.84. The number of aliphatic imine (C=N–C) groups is 1. The summed E-state index contributed by atoms with van der Waals surface area (Å²) in [7, 11) is 0. The van der Waals surface area contributed by atoms with Gasteiger partial charge < -0.3 is 20.9 Å². The Morgan fingerprint density at radius 1 is 1.11 bits per heavy atom. The first-order chi connectivity index (χ1) is 12.8. The third-order valence-electron chi connectivity index (χ3n) is 5.03.